The molecular weight excluding hydrogens is 352 g/mol. The number of carbonyl (C=O) groups excluding carboxylic acids is 1. The van der Waals surface area contributed by atoms with Gasteiger partial charge in [0.1, 0.15) is 11.5 Å². The number of hydrazone groups is 1. The fourth-order valence-corrected chi connectivity index (χ4v) is 2.46. The zero-order valence-electron chi connectivity index (χ0n) is 15.4. The third-order valence-electron chi connectivity index (χ3n) is 3.79. The van der Waals surface area contributed by atoms with Gasteiger partial charge in [0.05, 0.1) is 13.3 Å². The van der Waals surface area contributed by atoms with E-state index in [4.69, 9.17) is 21.1 Å². The van der Waals surface area contributed by atoms with Crippen molar-refractivity contribution in [3.05, 3.63) is 58.1 Å². The van der Waals surface area contributed by atoms with Gasteiger partial charge in [-0.2, -0.15) is 5.10 Å². The number of nitrogens with one attached hydrogen (secondary N) is 1. The average molecular weight is 375 g/mol. The second kappa shape index (κ2) is 9.25. The smallest absolute Gasteiger partial charge is 0.277 e. The number of nitrogens with zero attached hydrogens (tertiary/aromatic N) is 1. The topological polar surface area (TPSA) is 59.9 Å². The van der Waals surface area contributed by atoms with Crippen LogP contribution in [0.5, 0.6) is 11.5 Å². The number of hydrogen-bond acceptors (Lipinski definition) is 4. The Hall–Kier alpha value is -2.53. The van der Waals surface area contributed by atoms with Crippen LogP contribution in [0.2, 0.25) is 5.02 Å². The lowest BCUT2D eigenvalue weighted by Gasteiger charge is -2.15. The van der Waals surface area contributed by atoms with Gasteiger partial charge in [-0.05, 0) is 65.9 Å². The maximum atomic E-state index is 11.9. The summed E-state index contributed by atoms with van der Waals surface area (Å²) in [5.74, 6) is 1.33. The molecule has 2 aromatic rings. The highest BCUT2D eigenvalue weighted by molar-refractivity contribution is 6.31. The van der Waals surface area contributed by atoms with Crippen LogP contribution < -0.4 is 14.9 Å². The molecule has 1 amide bonds. The summed E-state index contributed by atoms with van der Waals surface area (Å²) in [4.78, 5) is 11.9. The van der Waals surface area contributed by atoms with Gasteiger partial charge in [0.2, 0.25) is 0 Å². The van der Waals surface area contributed by atoms with Crippen molar-refractivity contribution in [1.29, 1.82) is 0 Å². The van der Waals surface area contributed by atoms with Crippen LogP contribution in [0.25, 0.3) is 0 Å². The second-order valence-corrected chi connectivity index (χ2v) is 6.56. The van der Waals surface area contributed by atoms with Crippen molar-refractivity contribution in [2.45, 2.75) is 26.7 Å². The van der Waals surface area contributed by atoms with Crippen molar-refractivity contribution < 1.29 is 14.3 Å². The van der Waals surface area contributed by atoms with Crippen LogP contribution >= 0.6 is 11.6 Å². The molecule has 5 nitrogen and oxygen atoms in total. The second-order valence-electron chi connectivity index (χ2n) is 6.15. The summed E-state index contributed by atoms with van der Waals surface area (Å²) in [6, 6.07) is 11.1. The molecule has 0 aromatic heterocycles. The Morgan fingerprint density at radius 2 is 1.96 bits per heavy atom. The lowest BCUT2D eigenvalue weighted by atomic mass is 10.0. The number of aryl methyl sites for hydroxylation is 1. The quantitative estimate of drug-likeness (QED) is 0.580. The zero-order valence-corrected chi connectivity index (χ0v) is 16.1. The van der Waals surface area contributed by atoms with Crippen LogP contribution in [0.4, 0.5) is 0 Å². The standard InChI is InChI=1S/C20H23ClN2O3/c1-13(2)17-10-18(21)14(3)9-19(17)26-12-20(24)23-22-11-15-5-7-16(25-4)8-6-15/h5-11,13H,12H2,1-4H3,(H,23,24). The number of ether oxygens (including phenoxy) is 2. The first-order chi connectivity index (χ1) is 12.4. The molecule has 138 valence electrons. The van der Waals surface area contributed by atoms with Crippen molar-refractivity contribution >= 4 is 23.7 Å². The number of hydrogen-bond donors (Lipinski definition) is 1. The molecule has 0 aliphatic carbocycles. The summed E-state index contributed by atoms with van der Waals surface area (Å²) in [5.41, 5.74) is 5.18. The molecule has 2 rings (SSSR count). The monoisotopic (exact) mass is 374 g/mol. The Morgan fingerprint density at radius 3 is 2.58 bits per heavy atom. The van der Waals surface area contributed by atoms with Crippen LogP contribution in [-0.2, 0) is 4.79 Å². The summed E-state index contributed by atoms with van der Waals surface area (Å²) < 4.78 is 10.8. The molecule has 6 heteroatoms. The van der Waals surface area contributed by atoms with Crippen LogP contribution in [-0.4, -0.2) is 25.8 Å². The SMILES string of the molecule is COc1ccc(C=NNC(=O)COc2cc(C)c(Cl)cc2C(C)C)cc1. The van der Waals surface area contributed by atoms with E-state index < -0.39 is 0 Å². The first kappa shape index (κ1) is 19.8. The molecule has 0 atom stereocenters. The zero-order chi connectivity index (χ0) is 19.1. The molecule has 1 N–H and O–H groups in total. The molecule has 0 unspecified atom stereocenters. The predicted molar refractivity (Wildman–Crippen MR) is 105 cm³/mol. The molecule has 26 heavy (non-hydrogen) atoms. The Bertz CT molecular complexity index is 786. The number of benzene rings is 2. The van der Waals surface area contributed by atoms with E-state index in [1.165, 1.54) is 0 Å². The van der Waals surface area contributed by atoms with Crippen LogP contribution in [0, 0.1) is 6.92 Å². The van der Waals surface area contributed by atoms with Crippen molar-refractivity contribution in [1.82, 2.24) is 5.43 Å². The van der Waals surface area contributed by atoms with E-state index in [9.17, 15) is 4.79 Å². The maximum absolute atomic E-state index is 11.9. The molecule has 0 heterocycles. The predicted octanol–water partition coefficient (Wildman–Crippen LogP) is 4.31. The molecule has 0 spiro atoms. The van der Waals surface area contributed by atoms with E-state index in [0.29, 0.717) is 10.8 Å². The number of methoxy groups -OCH3 is 1. The fourth-order valence-electron chi connectivity index (χ4n) is 2.29. The van der Waals surface area contributed by atoms with Gasteiger partial charge in [0.25, 0.3) is 5.91 Å². The summed E-state index contributed by atoms with van der Waals surface area (Å²) in [6.45, 7) is 5.87. The van der Waals surface area contributed by atoms with E-state index >= 15 is 0 Å². The summed E-state index contributed by atoms with van der Waals surface area (Å²) in [7, 11) is 1.61. The number of amides is 1. The normalized spacial score (nSPS) is 11.0. The van der Waals surface area contributed by atoms with Crippen molar-refractivity contribution in [3.8, 4) is 11.5 Å². The molecule has 0 bridgehead atoms. The molecule has 2 aromatic carbocycles. The van der Waals surface area contributed by atoms with Gasteiger partial charge < -0.3 is 9.47 Å². The summed E-state index contributed by atoms with van der Waals surface area (Å²) >= 11 is 6.18. The summed E-state index contributed by atoms with van der Waals surface area (Å²) in [5, 5.41) is 4.62. The number of rotatable bonds is 7. The highest BCUT2D eigenvalue weighted by Crippen LogP contribution is 2.31. The van der Waals surface area contributed by atoms with Crippen molar-refractivity contribution in [2.24, 2.45) is 5.10 Å². The van der Waals surface area contributed by atoms with Gasteiger partial charge in [0, 0.05) is 5.02 Å². The lowest BCUT2D eigenvalue weighted by molar-refractivity contribution is -0.123. The number of carbonyl (C=O) groups is 1. The third-order valence-corrected chi connectivity index (χ3v) is 4.20. The number of halogens is 1. The van der Waals surface area contributed by atoms with Crippen LogP contribution in [0.3, 0.4) is 0 Å². The van der Waals surface area contributed by atoms with Gasteiger partial charge in [-0.25, -0.2) is 5.43 Å². The molecule has 0 aliphatic rings. The van der Waals surface area contributed by atoms with E-state index in [1.54, 1.807) is 13.3 Å². The minimum Gasteiger partial charge on any atom is -0.497 e. The molecule has 0 saturated carbocycles. The highest BCUT2D eigenvalue weighted by Gasteiger charge is 2.12. The Morgan fingerprint density at radius 1 is 1.27 bits per heavy atom. The van der Waals surface area contributed by atoms with E-state index in [0.717, 1.165) is 22.4 Å². The van der Waals surface area contributed by atoms with Gasteiger partial charge in [-0.15, -0.1) is 0 Å². The highest BCUT2D eigenvalue weighted by atomic mass is 35.5. The molecule has 0 fully saturated rings. The van der Waals surface area contributed by atoms with E-state index in [1.807, 2.05) is 57.2 Å². The lowest BCUT2D eigenvalue weighted by Crippen LogP contribution is -2.25. The van der Waals surface area contributed by atoms with Crippen LogP contribution in [0.1, 0.15) is 36.5 Å². The molecule has 0 saturated heterocycles. The molecule has 0 aliphatic heterocycles. The van der Waals surface area contributed by atoms with Gasteiger partial charge >= 0.3 is 0 Å². The van der Waals surface area contributed by atoms with E-state index in [2.05, 4.69) is 10.5 Å². The van der Waals surface area contributed by atoms with Gasteiger partial charge in [-0.1, -0.05) is 25.4 Å². The fraction of sp³-hybridized carbons (Fsp3) is 0.300. The Balaban J connectivity index is 1.92. The van der Waals surface area contributed by atoms with Crippen molar-refractivity contribution in [2.75, 3.05) is 13.7 Å². The minimum atomic E-state index is -0.336. The van der Waals surface area contributed by atoms with Gasteiger partial charge in [-0.3, -0.25) is 4.79 Å². The third kappa shape index (κ3) is 5.49. The molecular formula is C20H23ClN2O3. The maximum Gasteiger partial charge on any atom is 0.277 e. The average Bonchev–Trinajstić information content (AvgIpc) is 2.62. The van der Waals surface area contributed by atoms with Crippen molar-refractivity contribution in [3.63, 3.8) is 0 Å². The van der Waals surface area contributed by atoms with Crippen LogP contribution in [0.15, 0.2) is 41.5 Å². The Labute approximate surface area is 159 Å². The first-order valence-corrected chi connectivity index (χ1v) is 8.67. The minimum absolute atomic E-state index is 0.124. The largest absolute Gasteiger partial charge is 0.497 e. The Kier molecular flexibility index (Phi) is 7.04. The van der Waals surface area contributed by atoms with E-state index in [-0.39, 0.29) is 18.4 Å². The van der Waals surface area contributed by atoms with Gasteiger partial charge in [0.15, 0.2) is 6.61 Å². The molecule has 0 radical (unpaired) electrons. The first-order valence-electron chi connectivity index (χ1n) is 8.29. The summed E-state index contributed by atoms with van der Waals surface area (Å²) in [6.07, 6.45) is 1.56.